The Balaban J connectivity index is 4.44. The number of carbonyl (C=O) groups excluding carboxylic acids is 3. The number of aliphatic carboxylic acids is 1. The lowest BCUT2D eigenvalue weighted by Gasteiger charge is -2.19. The molecule has 2 N–H and O–H groups in total. The van der Waals surface area contributed by atoms with E-state index < -0.39 is 29.8 Å². The molecule has 0 aliphatic heterocycles. The van der Waals surface area contributed by atoms with Gasteiger partial charge in [-0.1, -0.05) is 20.4 Å². The van der Waals surface area contributed by atoms with Gasteiger partial charge in [0, 0.05) is 25.6 Å². The normalized spacial score (nSPS) is 11.5. The molecule has 0 aromatic carbocycles. The first-order chi connectivity index (χ1) is 11.1. The number of imide groups is 1. The third kappa shape index (κ3) is 7.26. The fourth-order valence-electron chi connectivity index (χ4n) is 2.01. The van der Waals surface area contributed by atoms with Gasteiger partial charge in [0.15, 0.2) is 0 Å². The highest BCUT2D eigenvalue weighted by Gasteiger charge is 2.26. The van der Waals surface area contributed by atoms with Gasteiger partial charge < -0.3 is 15.2 Å². The number of nitrogens with zero attached hydrogens (tertiary/aromatic N) is 1. The molecule has 0 saturated carbocycles. The van der Waals surface area contributed by atoms with E-state index in [1.165, 1.54) is 14.2 Å². The molecular weight excluding hydrogens is 316 g/mol. The summed E-state index contributed by atoms with van der Waals surface area (Å²) in [6.07, 6.45) is 0.000302. The number of carboxylic acid groups (broad SMARTS) is 1. The number of amides is 3. The van der Waals surface area contributed by atoms with Crippen LogP contribution in [-0.2, 0) is 19.1 Å². The molecule has 0 aromatic heterocycles. The van der Waals surface area contributed by atoms with Gasteiger partial charge in [-0.2, -0.15) is 0 Å². The molecule has 0 rings (SSSR count). The lowest BCUT2D eigenvalue weighted by molar-refractivity contribution is -0.135. The van der Waals surface area contributed by atoms with Gasteiger partial charge in [-0.3, -0.25) is 14.5 Å². The number of hydrogen-bond donors (Lipinski definition) is 2. The topological polar surface area (TPSA) is 113 Å². The number of carboxylic acids is 1. The van der Waals surface area contributed by atoms with E-state index in [-0.39, 0.29) is 24.5 Å². The molecule has 0 bridgehead atoms. The predicted molar refractivity (Wildman–Crippen MR) is 87.1 cm³/mol. The third-order valence-electron chi connectivity index (χ3n) is 3.41. The van der Waals surface area contributed by atoms with Crippen molar-refractivity contribution >= 4 is 23.9 Å². The maximum absolute atomic E-state index is 12.2. The van der Waals surface area contributed by atoms with Gasteiger partial charge in [-0.05, 0) is 18.8 Å². The Labute approximate surface area is 141 Å². The molecule has 24 heavy (non-hydrogen) atoms. The van der Waals surface area contributed by atoms with Crippen molar-refractivity contribution in [2.45, 2.75) is 33.1 Å². The van der Waals surface area contributed by atoms with E-state index in [9.17, 15) is 19.2 Å². The monoisotopic (exact) mass is 342 g/mol. The van der Waals surface area contributed by atoms with Gasteiger partial charge in [-0.15, -0.1) is 0 Å². The van der Waals surface area contributed by atoms with Gasteiger partial charge in [0.05, 0.1) is 13.0 Å². The summed E-state index contributed by atoms with van der Waals surface area (Å²) in [5.41, 5.74) is -0.150. The molecule has 136 valence electrons. The Morgan fingerprint density at radius 3 is 2.29 bits per heavy atom. The van der Waals surface area contributed by atoms with E-state index in [4.69, 9.17) is 5.11 Å². The minimum absolute atomic E-state index is 0.0562. The summed E-state index contributed by atoms with van der Waals surface area (Å²) in [5, 5.41) is 11.6. The molecule has 0 unspecified atom stereocenters. The van der Waals surface area contributed by atoms with E-state index >= 15 is 0 Å². The van der Waals surface area contributed by atoms with Crippen LogP contribution in [0.25, 0.3) is 0 Å². The fourth-order valence-corrected chi connectivity index (χ4v) is 2.01. The van der Waals surface area contributed by atoms with Gasteiger partial charge >= 0.3 is 12.1 Å². The second-order valence-electron chi connectivity index (χ2n) is 5.83. The lowest BCUT2D eigenvalue weighted by Crippen LogP contribution is -2.36. The Morgan fingerprint density at radius 2 is 1.83 bits per heavy atom. The number of methoxy groups -OCH3 is 1. The molecule has 1 atom stereocenters. The van der Waals surface area contributed by atoms with Crippen LogP contribution >= 0.6 is 0 Å². The fraction of sp³-hybridized carbons (Fsp3) is 0.625. The SMILES string of the molecule is C=C(C(=O)O)[C@@H](CC(C)C)C(=O)NCCCC(=O)N(C)C(=O)OC. The van der Waals surface area contributed by atoms with Crippen molar-refractivity contribution in [2.75, 3.05) is 20.7 Å². The first-order valence-corrected chi connectivity index (χ1v) is 7.66. The van der Waals surface area contributed by atoms with Gasteiger partial charge in [0.2, 0.25) is 11.8 Å². The van der Waals surface area contributed by atoms with Gasteiger partial charge in [-0.25, -0.2) is 9.59 Å². The molecule has 0 aliphatic carbocycles. The second-order valence-corrected chi connectivity index (χ2v) is 5.83. The van der Waals surface area contributed by atoms with Crippen LogP contribution in [0.4, 0.5) is 4.79 Å². The molecule has 0 aromatic rings. The van der Waals surface area contributed by atoms with E-state index in [1.807, 2.05) is 13.8 Å². The molecule has 0 spiro atoms. The minimum Gasteiger partial charge on any atom is -0.478 e. The number of ether oxygens (including phenoxy) is 1. The van der Waals surface area contributed by atoms with Crippen molar-refractivity contribution in [2.24, 2.45) is 11.8 Å². The largest absolute Gasteiger partial charge is 0.478 e. The van der Waals surface area contributed by atoms with Gasteiger partial charge in [0.1, 0.15) is 0 Å². The Morgan fingerprint density at radius 1 is 1.25 bits per heavy atom. The van der Waals surface area contributed by atoms with Crippen LogP contribution in [-0.4, -0.2) is 54.6 Å². The zero-order valence-electron chi connectivity index (χ0n) is 14.6. The second kappa shape index (κ2) is 10.4. The van der Waals surface area contributed by atoms with E-state index in [0.29, 0.717) is 12.8 Å². The highest BCUT2D eigenvalue weighted by atomic mass is 16.5. The maximum atomic E-state index is 12.2. The summed E-state index contributed by atoms with van der Waals surface area (Å²) in [4.78, 5) is 46.9. The Kier molecular flexibility index (Phi) is 9.37. The van der Waals surface area contributed by atoms with Crippen molar-refractivity contribution in [3.8, 4) is 0 Å². The molecule has 8 heteroatoms. The number of nitrogens with one attached hydrogen (secondary N) is 1. The minimum atomic E-state index is -1.20. The van der Waals surface area contributed by atoms with E-state index in [0.717, 1.165) is 4.90 Å². The average molecular weight is 342 g/mol. The third-order valence-corrected chi connectivity index (χ3v) is 3.41. The average Bonchev–Trinajstić information content (AvgIpc) is 2.53. The predicted octanol–water partition coefficient (Wildman–Crippen LogP) is 1.41. The van der Waals surface area contributed by atoms with Crippen LogP contribution in [0.5, 0.6) is 0 Å². The van der Waals surface area contributed by atoms with Crippen LogP contribution in [0, 0.1) is 11.8 Å². The van der Waals surface area contributed by atoms with Crippen molar-refractivity contribution < 1.29 is 29.0 Å². The van der Waals surface area contributed by atoms with Crippen LogP contribution in [0.3, 0.4) is 0 Å². The summed E-state index contributed by atoms with van der Waals surface area (Å²) >= 11 is 0. The molecule has 3 amide bonds. The quantitative estimate of drug-likeness (QED) is 0.484. The van der Waals surface area contributed by atoms with Crippen molar-refractivity contribution in [1.29, 1.82) is 0 Å². The molecule has 0 fully saturated rings. The van der Waals surface area contributed by atoms with Crippen LogP contribution < -0.4 is 5.32 Å². The van der Waals surface area contributed by atoms with Crippen LogP contribution in [0.15, 0.2) is 12.2 Å². The van der Waals surface area contributed by atoms with Crippen molar-refractivity contribution in [1.82, 2.24) is 10.2 Å². The van der Waals surface area contributed by atoms with Crippen molar-refractivity contribution in [3.05, 3.63) is 12.2 Å². The summed E-state index contributed by atoms with van der Waals surface area (Å²) in [7, 11) is 2.48. The lowest BCUT2D eigenvalue weighted by atomic mass is 9.90. The first-order valence-electron chi connectivity index (χ1n) is 7.66. The van der Waals surface area contributed by atoms with Gasteiger partial charge in [0.25, 0.3) is 0 Å². The smallest absolute Gasteiger partial charge is 0.415 e. The standard InChI is InChI=1S/C16H26N2O6/c1-10(2)9-12(11(3)15(21)22)14(20)17-8-6-7-13(19)18(4)16(23)24-5/h10,12H,3,6-9H2,1-2,4-5H3,(H,17,20)(H,21,22)/t12-/m1/s1. The Hall–Kier alpha value is -2.38. The summed E-state index contributed by atoms with van der Waals surface area (Å²) in [5.74, 6) is -2.73. The van der Waals surface area contributed by atoms with Crippen molar-refractivity contribution in [3.63, 3.8) is 0 Å². The zero-order chi connectivity index (χ0) is 18.9. The first kappa shape index (κ1) is 21.6. The molecule has 0 radical (unpaired) electrons. The molecule has 0 saturated heterocycles. The van der Waals surface area contributed by atoms with Crippen LogP contribution in [0.1, 0.15) is 33.1 Å². The van der Waals surface area contributed by atoms with Crippen LogP contribution in [0.2, 0.25) is 0 Å². The summed E-state index contributed by atoms with van der Waals surface area (Å²) < 4.78 is 4.43. The number of hydrogen-bond acceptors (Lipinski definition) is 5. The Bertz CT molecular complexity index is 501. The van der Waals surface area contributed by atoms with E-state index in [2.05, 4.69) is 16.6 Å². The summed E-state index contributed by atoms with van der Waals surface area (Å²) in [6, 6.07) is 0. The molecule has 0 heterocycles. The highest BCUT2D eigenvalue weighted by molar-refractivity contribution is 5.95. The molecular formula is C16H26N2O6. The molecule has 0 aliphatic rings. The molecule has 8 nitrogen and oxygen atoms in total. The zero-order valence-corrected chi connectivity index (χ0v) is 14.6. The summed E-state index contributed by atoms with van der Waals surface area (Å²) in [6.45, 7) is 7.43. The number of rotatable bonds is 9. The van der Waals surface area contributed by atoms with E-state index in [1.54, 1.807) is 0 Å². The number of carbonyl (C=O) groups is 4. The maximum Gasteiger partial charge on any atom is 0.415 e. The highest BCUT2D eigenvalue weighted by Crippen LogP contribution is 2.19.